The summed E-state index contributed by atoms with van der Waals surface area (Å²) in [6.45, 7) is 19.8. The number of amides is 5. The third kappa shape index (κ3) is 23.5. The highest BCUT2D eigenvalue weighted by Gasteiger charge is 2.27. The van der Waals surface area contributed by atoms with Crippen LogP contribution in [0.1, 0.15) is 54.5 Å². The van der Waals surface area contributed by atoms with Gasteiger partial charge in [-0.3, -0.25) is 9.69 Å². The largest absolute Gasteiger partial charge is 0.491 e. The number of nitrogens with zero attached hydrogens (tertiary/aromatic N) is 23. The van der Waals surface area contributed by atoms with Crippen LogP contribution in [0.5, 0.6) is 51.7 Å². The first-order chi connectivity index (χ1) is 72.2. The number of ether oxygens (including phenoxy) is 5. The van der Waals surface area contributed by atoms with E-state index in [9.17, 15) is 19.5 Å². The topological polar surface area (TPSA) is 383 Å². The van der Waals surface area contributed by atoms with Crippen molar-refractivity contribution >= 4 is 152 Å². The van der Waals surface area contributed by atoms with Gasteiger partial charge in [-0.1, -0.05) is 6.07 Å². The van der Waals surface area contributed by atoms with Gasteiger partial charge in [0.25, 0.3) is 0 Å². The number of imidazole rings is 3. The number of urea groups is 2. The lowest BCUT2D eigenvalue weighted by atomic mass is 10.1. The van der Waals surface area contributed by atoms with Crippen LogP contribution in [-0.4, -0.2) is 229 Å². The predicted octanol–water partition coefficient (Wildman–Crippen LogP) is 20.3. The molecule has 3 saturated heterocycles. The summed E-state index contributed by atoms with van der Waals surface area (Å²) in [7, 11) is 9.92. The van der Waals surface area contributed by atoms with Crippen molar-refractivity contribution in [3.05, 3.63) is 303 Å². The standard InChI is InChI=1S/C30H31N7O2.C29H30N8O2.C28H27N7O2.C25H24N6O3/c1-20-14-22(5-9-28(20)39-23-6-8-27-26(17-23)33-19-36(27)3)34-30-24-15-21(4-7-25(24)31-18-32-30)16-29(38)37-12-10-35(2)11-13-37;1-20-16-21(4-7-26(20)39-23-8-10-36-11-9-30-27(36)18-23)33-28-24-17-22(5-6-25(24)31-19-32-28)35(3)29(38)37-14-12-34(2)13-15-37;1-18-13-19(6-10-26(18)37-21-7-9-25-24(15-21)31-17-34(25)2)32-27-22-14-20(5-8-23(22)29-16-30-27)33-28(36)35-11-3-4-12-35;1-16-10-17(4-7-22(16)34-19-8-9-31-23(12-19)27-15-29-31)30-24-20-11-18(33-13-25(2,3)32)5-6-21(20)26-14-28-24/h4-9,14-15,17-19H,10-13,16H2,1-3H3,(H,31,32,34);4-11,16-19H,12-15H2,1-3H3,(H,31,32,33);5-10,13-17H,3-4,11-12H2,1-2H3,(H,33,36)(H,29,30,32);4-12,14-15,32H,13H2,1-3H3,(H,26,28,30). The third-order valence-corrected chi connectivity index (χ3v) is 26.1. The molecule has 0 bridgehead atoms. The molecule has 0 unspecified atom stereocenters. The number of aliphatic hydroxyl groups is 1. The zero-order chi connectivity index (χ0) is 103. The number of anilines is 10. The van der Waals surface area contributed by atoms with Gasteiger partial charge in [0.1, 0.15) is 119 Å². The normalized spacial score (nSPS) is 13.4. The second kappa shape index (κ2) is 43.4. The Morgan fingerprint density at radius 3 is 1.32 bits per heavy atom. The van der Waals surface area contributed by atoms with E-state index in [1.165, 1.54) is 19.0 Å². The molecule has 13 heterocycles. The van der Waals surface area contributed by atoms with Gasteiger partial charge in [0.2, 0.25) is 5.91 Å². The summed E-state index contributed by atoms with van der Waals surface area (Å²) in [5, 5.41) is 34.0. The maximum Gasteiger partial charge on any atom is 0.324 e. The van der Waals surface area contributed by atoms with Crippen LogP contribution in [0.15, 0.2) is 275 Å². The molecular formula is C112H112N28O9. The van der Waals surface area contributed by atoms with Gasteiger partial charge in [0.15, 0.2) is 5.65 Å². The zero-order valence-corrected chi connectivity index (χ0v) is 84.4. The molecule has 10 aromatic carbocycles. The van der Waals surface area contributed by atoms with Gasteiger partial charge in [-0.2, -0.15) is 5.10 Å². The molecular weight excluding hydrogens is 1880 g/mol. The van der Waals surface area contributed by atoms with Crippen molar-refractivity contribution in [1.82, 2.24) is 107 Å². The lowest BCUT2D eigenvalue weighted by molar-refractivity contribution is -0.132. The van der Waals surface area contributed by atoms with Gasteiger partial charge in [-0.05, 0) is 272 Å². The number of piperazine rings is 2. The van der Waals surface area contributed by atoms with E-state index in [0.717, 1.165) is 252 Å². The summed E-state index contributed by atoms with van der Waals surface area (Å²) in [6, 6.07) is 65.8. The maximum atomic E-state index is 13.1. The number of carbonyl (C=O) groups excluding carboxylic acids is 3. The van der Waals surface area contributed by atoms with E-state index in [2.05, 4.69) is 115 Å². The Balaban J connectivity index is 0.000000120. The Kier molecular flexibility index (Phi) is 28.7. The number of likely N-dealkylation sites (tertiary alicyclic amines) is 1. The lowest BCUT2D eigenvalue weighted by Crippen LogP contribution is -2.51. The molecule has 0 spiro atoms. The first kappa shape index (κ1) is 98.3. The van der Waals surface area contributed by atoms with E-state index >= 15 is 0 Å². The molecule has 37 nitrogen and oxygen atoms in total. The monoisotopic (exact) mass is 1990 g/mol. The fourth-order valence-electron chi connectivity index (χ4n) is 17.8. The van der Waals surface area contributed by atoms with Crippen molar-refractivity contribution in [1.29, 1.82) is 0 Å². The highest BCUT2D eigenvalue weighted by Crippen LogP contribution is 2.39. The number of hydrogen-bond donors (Lipinski definition) is 6. The average Bonchev–Trinajstić information content (AvgIpc) is 1.61. The van der Waals surface area contributed by atoms with E-state index in [0.29, 0.717) is 46.9 Å². The van der Waals surface area contributed by atoms with Gasteiger partial charge in [0, 0.05) is 191 Å². The number of carbonyl (C=O) groups is 3. The quantitative estimate of drug-likeness (QED) is 0.0346. The van der Waals surface area contributed by atoms with E-state index in [-0.39, 0.29) is 24.6 Å². The summed E-state index contributed by atoms with van der Waals surface area (Å²) in [5.74, 6) is 9.40. The summed E-state index contributed by atoms with van der Waals surface area (Å²) in [6.07, 6.45) is 21.1. The average molecular weight is 1990 g/mol. The molecule has 0 atom stereocenters. The third-order valence-electron chi connectivity index (χ3n) is 26.1. The summed E-state index contributed by atoms with van der Waals surface area (Å²) < 4.78 is 37.8. The SMILES string of the molecule is Cc1cc(Nc2ncnc3ccc(CC(=O)N4CCN(C)CC4)cc23)ccc1Oc1ccc2c(c1)ncn2C.Cc1cc(Nc2ncnc3ccc(N(C)C(=O)N4CCN(C)CC4)cc23)ccc1Oc1ccn2ccnc2c1.Cc1cc(Nc2ncnc3ccc(NC(=O)N4CCCC4)cc23)ccc1Oc1ccc2c(c1)ncn2C.Cc1cc(Nc2ncnc3ccc(OCC(C)(C)O)cc23)ccc1Oc1ccn2ncnc2c1. The van der Waals surface area contributed by atoms with Crippen LogP contribution >= 0.6 is 0 Å². The fraction of sp³-hybridized carbons (Fsp3) is 0.232. The number of hydrogen-bond acceptors (Lipinski definition) is 28. The zero-order valence-electron chi connectivity index (χ0n) is 84.4. The lowest BCUT2D eigenvalue weighted by Gasteiger charge is -2.35. The van der Waals surface area contributed by atoms with Crippen molar-refractivity contribution in [2.24, 2.45) is 14.1 Å². The Morgan fingerprint density at radius 2 is 0.819 bits per heavy atom. The molecule has 3 fully saturated rings. The Hall–Kier alpha value is -18.1. The molecule has 3 aliphatic heterocycles. The molecule has 754 valence electrons. The van der Waals surface area contributed by atoms with Gasteiger partial charge in [-0.15, -0.1) is 0 Å². The number of pyridine rings is 2. The fourth-order valence-corrected chi connectivity index (χ4v) is 17.8. The highest BCUT2D eigenvalue weighted by atomic mass is 16.5. The van der Waals surface area contributed by atoms with Crippen LogP contribution in [0.25, 0.3) is 77.0 Å². The number of fused-ring (bicyclic) bond motifs is 8. The Bertz CT molecular complexity index is 8350. The molecule has 37 heteroatoms. The maximum absolute atomic E-state index is 13.1. The van der Waals surface area contributed by atoms with Crippen LogP contribution in [0.2, 0.25) is 0 Å². The van der Waals surface area contributed by atoms with Crippen LogP contribution in [0.3, 0.4) is 0 Å². The first-order valence-corrected chi connectivity index (χ1v) is 49.1. The van der Waals surface area contributed by atoms with Crippen LogP contribution in [0, 0.1) is 27.7 Å². The molecule has 0 radical (unpaired) electrons. The van der Waals surface area contributed by atoms with Crippen molar-refractivity contribution in [2.75, 3.05) is 125 Å². The van der Waals surface area contributed by atoms with E-state index < -0.39 is 5.60 Å². The molecule has 0 aliphatic carbocycles. The van der Waals surface area contributed by atoms with Gasteiger partial charge < -0.3 is 93.4 Å². The van der Waals surface area contributed by atoms with E-state index in [1.54, 1.807) is 54.8 Å². The number of aryl methyl sites for hydroxylation is 6. The van der Waals surface area contributed by atoms with Gasteiger partial charge in [0.05, 0.1) is 68.8 Å². The number of aromatic nitrogens is 17. The van der Waals surface area contributed by atoms with Gasteiger partial charge in [-0.25, -0.2) is 73.9 Å². The molecule has 5 amide bonds. The van der Waals surface area contributed by atoms with Crippen molar-refractivity contribution in [2.45, 2.75) is 66.4 Å². The summed E-state index contributed by atoms with van der Waals surface area (Å²) >= 11 is 0. The molecule has 20 aromatic rings. The molecule has 6 N–H and O–H groups in total. The number of likely N-dealkylation sites (N-methyl/N-ethyl adjacent to an activating group) is 2. The van der Waals surface area contributed by atoms with Gasteiger partial charge >= 0.3 is 12.1 Å². The molecule has 0 saturated carbocycles. The molecule has 149 heavy (non-hydrogen) atoms. The van der Waals surface area contributed by atoms with E-state index in [1.807, 2.05) is 302 Å². The summed E-state index contributed by atoms with van der Waals surface area (Å²) in [4.78, 5) is 103. The minimum atomic E-state index is -0.925. The van der Waals surface area contributed by atoms with Crippen molar-refractivity contribution < 1.29 is 43.2 Å². The second-order valence-electron chi connectivity index (χ2n) is 37.9. The van der Waals surface area contributed by atoms with E-state index in [4.69, 9.17) is 23.7 Å². The highest BCUT2D eigenvalue weighted by molar-refractivity contribution is 6.00. The van der Waals surface area contributed by atoms with Crippen LogP contribution in [0.4, 0.5) is 67.0 Å². The van der Waals surface area contributed by atoms with Crippen molar-refractivity contribution in [3.63, 3.8) is 0 Å². The van der Waals surface area contributed by atoms with Crippen LogP contribution < -0.4 is 55.2 Å². The second-order valence-corrected chi connectivity index (χ2v) is 37.9. The Morgan fingerprint density at radius 1 is 0.383 bits per heavy atom. The first-order valence-electron chi connectivity index (χ1n) is 49.1. The number of rotatable bonds is 23. The minimum Gasteiger partial charge on any atom is -0.491 e. The minimum absolute atomic E-state index is 0.00748. The number of benzene rings is 10. The summed E-state index contributed by atoms with van der Waals surface area (Å²) in [5.41, 5.74) is 17.6. The predicted molar refractivity (Wildman–Crippen MR) is 578 cm³/mol. The Labute approximate surface area is 858 Å². The number of nitrogens with one attached hydrogen (secondary N) is 5. The van der Waals surface area contributed by atoms with Crippen LogP contribution in [-0.2, 0) is 25.3 Å². The molecule has 3 aliphatic rings. The molecule has 10 aromatic heterocycles. The smallest absolute Gasteiger partial charge is 0.324 e. The van der Waals surface area contributed by atoms with Crippen molar-refractivity contribution in [3.8, 4) is 51.7 Å². The molecule has 23 rings (SSSR count).